The molecule has 1 aliphatic rings. The minimum absolute atomic E-state index is 0.0476. The molecule has 1 atom stereocenters. The Kier molecular flexibility index (Phi) is 5.76. The van der Waals surface area contributed by atoms with Crippen LogP contribution in [0.4, 0.5) is 5.13 Å². The summed E-state index contributed by atoms with van der Waals surface area (Å²) in [6.07, 6.45) is 5.35. The Morgan fingerprint density at radius 1 is 1.36 bits per heavy atom. The van der Waals surface area contributed by atoms with Crippen LogP contribution in [0.1, 0.15) is 24.0 Å². The summed E-state index contributed by atoms with van der Waals surface area (Å²) in [5, 5.41) is 1.32. The maximum absolute atomic E-state index is 13.1. The first kappa shape index (κ1) is 19.1. The van der Waals surface area contributed by atoms with Crippen molar-refractivity contribution < 1.29 is 9.53 Å². The zero-order valence-electron chi connectivity index (χ0n) is 15.6. The van der Waals surface area contributed by atoms with Crippen LogP contribution >= 0.6 is 22.9 Å². The van der Waals surface area contributed by atoms with Crippen LogP contribution in [0.25, 0.3) is 16.3 Å². The maximum Gasteiger partial charge on any atom is 0.252 e. The van der Waals surface area contributed by atoms with Gasteiger partial charge in [0.15, 0.2) is 5.13 Å². The number of fused-ring (bicyclic) bond motifs is 1. The van der Waals surface area contributed by atoms with E-state index in [4.69, 9.17) is 21.3 Å². The minimum Gasteiger partial charge on any atom is -0.376 e. The molecular formula is C22H21ClN2O2S. The summed E-state index contributed by atoms with van der Waals surface area (Å²) in [6, 6.07) is 13.6. The molecule has 0 radical (unpaired) electrons. The number of carbonyl (C=O) groups is 1. The number of hydrogen-bond donors (Lipinski definition) is 0. The molecule has 3 aromatic rings. The summed E-state index contributed by atoms with van der Waals surface area (Å²) in [5.74, 6) is -0.119. The predicted molar refractivity (Wildman–Crippen MR) is 116 cm³/mol. The fourth-order valence-corrected chi connectivity index (χ4v) is 4.53. The highest BCUT2D eigenvalue weighted by atomic mass is 35.5. The number of aromatic nitrogens is 1. The summed E-state index contributed by atoms with van der Waals surface area (Å²) in [6.45, 7) is 3.31. The van der Waals surface area contributed by atoms with E-state index in [-0.39, 0.29) is 12.0 Å². The molecule has 1 unspecified atom stereocenters. The number of thiazole rings is 1. The van der Waals surface area contributed by atoms with Crippen LogP contribution in [-0.4, -0.2) is 30.1 Å². The highest BCUT2D eigenvalue weighted by molar-refractivity contribution is 7.22. The zero-order chi connectivity index (χ0) is 19.5. The lowest BCUT2D eigenvalue weighted by atomic mass is 10.2. The average Bonchev–Trinajstić information content (AvgIpc) is 3.34. The zero-order valence-corrected chi connectivity index (χ0v) is 17.2. The van der Waals surface area contributed by atoms with Crippen molar-refractivity contribution in [1.29, 1.82) is 0 Å². The molecule has 1 aliphatic heterocycles. The van der Waals surface area contributed by atoms with Crippen molar-refractivity contribution in [2.45, 2.75) is 25.9 Å². The topological polar surface area (TPSA) is 42.4 Å². The monoisotopic (exact) mass is 412 g/mol. The number of anilines is 1. The number of hydrogen-bond acceptors (Lipinski definition) is 4. The molecule has 0 N–H and O–H groups in total. The second kappa shape index (κ2) is 8.43. The number of amides is 1. The molecule has 1 fully saturated rings. The second-order valence-electron chi connectivity index (χ2n) is 6.91. The van der Waals surface area contributed by atoms with Crippen LogP contribution in [0.5, 0.6) is 0 Å². The quantitative estimate of drug-likeness (QED) is 0.521. The summed E-state index contributed by atoms with van der Waals surface area (Å²) >= 11 is 7.74. The van der Waals surface area contributed by atoms with Crippen molar-refractivity contribution in [3.05, 3.63) is 64.7 Å². The molecule has 0 bridgehead atoms. The van der Waals surface area contributed by atoms with Crippen molar-refractivity contribution in [2.24, 2.45) is 0 Å². The van der Waals surface area contributed by atoms with E-state index >= 15 is 0 Å². The summed E-state index contributed by atoms with van der Waals surface area (Å²) in [7, 11) is 0. The van der Waals surface area contributed by atoms with Gasteiger partial charge in [0, 0.05) is 17.7 Å². The van der Waals surface area contributed by atoms with Crippen molar-refractivity contribution in [1.82, 2.24) is 4.98 Å². The number of carbonyl (C=O) groups excluding carboxylic acids is 1. The first-order valence-corrected chi connectivity index (χ1v) is 10.5. The molecule has 0 aliphatic carbocycles. The maximum atomic E-state index is 13.1. The van der Waals surface area contributed by atoms with Gasteiger partial charge in [-0.15, -0.1) is 0 Å². The second-order valence-corrected chi connectivity index (χ2v) is 8.32. The van der Waals surface area contributed by atoms with Crippen molar-refractivity contribution in [2.75, 3.05) is 18.1 Å². The third-order valence-electron chi connectivity index (χ3n) is 4.75. The lowest BCUT2D eigenvalue weighted by Gasteiger charge is -2.21. The lowest BCUT2D eigenvalue weighted by molar-refractivity contribution is -0.114. The molecule has 2 heterocycles. The molecule has 1 saturated heterocycles. The lowest BCUT2D eigenvalue weighted by Crippen LogP contribution is -2.36. The number of ether oxygens (including phenoxy) is 1. The van der Waals surface area contributed by atoms with E-state index in [1.165, 1.54) is 16.9 Å². The largest absolute Gasteiger partial charge is 0.376 e. The van der Waals surface area contributed by atoms with Gasteiger partial charge in [-0.3, -0.25) is 9.69 Å². The van der Waals surface area contributed by atoms with Gasteiger partial charge in [0.05, 0.1) is 22.9 Å². The van der Waals surface area contributed by atoms with Gasteiger partial charge >= 0.3 is 0 Å². The summed E-state index contributed by atoms with van der Waals surface area (Å²) in [5.41, 5.74) is 2.90. The Bertz CT molecular complexity index is 1020. The van der Waals surface area contributed by atoms with Crippen molar-refractivity contribution in [3.8, 4) is 0 Å². The van der Waals surface area contributed by atoms with Gasteiger partial charge in [-0.25, -0.2) is 4.98 Å². The number of rotatable bonds is 5. The van der Waals surface area contributed by atoms with Crippen molar-refractivity contribution >= 4 is 50.3 Å². The third-order valence-corrected chi connectivity index (χ3v) is 6.14. The van der Waals surface area contributed by atoms with Crippen LogP contribution in [-0.2, 0) is 9.53 Å². The molecular weight excluding hydrogens is 392 g/mol. The van der Waals surface area contributed by atoms with Crippen LogP contribution in [0.15, 0.2) is 48.5 Å². The highest BCUT2D eigenvalue weighted by Gasteiger charge is 2.25. The number of benzene rings is 2. The standard InChI is InChI=1S/C22H21ClN2O2S/c1-15-8-10-19-20(13-15)28-22(24-19)25(14-17-6-4-12-27-17)21(26)11-9-16-5-2-3-7-18(16)23/h2-3,5,7-11,13,17H,4,6,12,14H2,1H3/b11-9+. The van der Waals surface area contributed by atoms with Gasteiger partial charge in [-0.05, 0) is 55.2 Å². The van der Waals surface area contributed by atoms with Crippen LogP contribution < -0.4 is 4.90 Å². The Balaban J connectivity index is 1.63. The third kappa shape index (κ3) is 4.27. The highest BCUT2D eigenvalue weighted by Crippen LogP contribution is 2.31. The molecule has 0 spiro atoms. The normalized spacial score (nSPS) is 16.9. The Morgan fingerprint density at radius 2 is 2.21 bits per heavy atom. The van der Waals surface area contributed by atoms with Crippen molar-refractivity contribution in [3.63, 3.8) is 0 Å². The molecule has 144 valence electrons. The van der Waals surface area contributed by atoms with Gasteiger partial charge in [-0.2, -0.15) is 0 Å². The van der Waals surface area contributed by atoms with Crippen LogP contribution in [0.3, 0.4) is 0 Å². The van der Waals surface area contributed by atoms with E-state index in [1.54, 1.807) is 17.1 Å². The van der Waals surface area contributed by atoms with E-state index in [1.807, 2.05) is 36.4 Å². The first-order chi connectivity index (χ1) is 13.6. The van der Waals surface area contributed by atoms with Gasteiger partial charge in [0.2, 0.25) is 0 Å². The Morgan fingerprint density at radius 3 is 3.00 bits per heavy atom. The van der Waals surface area contributed by atoms with E-state index in [9.17, 15) is 4.79 Å². The van der Waals surface area contributed by atoms with Gasteiger partial charge in [0.25, 0.3) is 5.91 Å². The molecule has 0 saturated carbocycles. The molecule has 1 amide bonds. The Labute approximate surface area is 173 Å². The fourth-order valence-electron chi connectivity index (χ4n) is 3.25. The van der Waals surface area contributed by atoms with Crippen LogP contribution in [0, 0.1) is 6.92 Å². The molecule has 28 heavy (non-hydrogen) atoms. The minimum atomic E-state index is -0.119. The smallest absolute Gasteiger partial charge is 0.252 e. The number of halogens is 1. The molecule has 4 rings (SSSR count). The molecule has 2 aromatic carbocycles. The van der Waals surface area contributed by atoms with E-state index in [0.29, 0.717) is 16.7 Å². The Hall–Kier alpha value is -2.21. The SMILES string of the molecule is Cc1ccc2nc(N(CC3CCCO3)C(=O)/C=C/c3ccccc3Cl)sc2c1. The average molecular weight is 413 g/mol. The fraction of sp³-hybridized carbons (Fsp3) is 0.273. The van der Waals surface area contributed by atoms with E-state index in [0.717, 1.165) is 35.2 Å². The van der Waals surface area contributed by atoms with Crippen LogP contribution in [0.2, 0.25) is 5.02 Å². The van der Waals surface area contributed by atoms with Gasteiger partial charge in [0.1, 0.15) is 0 Å². The number of nitrogens with zero attached hydrogens (tertiary/aromatic N) is 2. The number of aryl methyl sites for hydroxylation is 1. The molecule has 4 nitrogen and oxygen atoms in total. The summed E-state index contributed by atoms with van der Waals surface area (Å²) < 4.78 is 6.85. The van der Waals surface area contributed by atoms with Gasteiger partial charge < -0.3 is 4.74 Å². The van der Waals surface area contributed by atoms with E-state index < -0.39 is 0 Å². The van der Waals surface area contributed by atoms with Gasteiger partial charge in [-0.1, -0.05) is 47.2 Å². The predicted octanol–water partition coefficient (Wildman–Crippen LogP) is 5.48. The molecule has 1 aromatic heterocycles. The summed E-state index contributed by atoms with van der Waals surface area (Å²) in [4.78, 5) is 19.5. The van der Waals surface area contributed by atoms with E-state index in [2.05, 4.69) is 13.0 Å². The first-order valence-electron chi connectivity index (χ1n) is 9.33. The molecule has 6 heteroatoms.